The van der Waals surface area contributed by atoms with Gasteiger partial charge in [-0.15, -0.1) is 0 Å². The van der Waals surface area contributed by atoms with Crippen LogP contribution < -0.4 is 15.6 Å². The van der Waals surface area contributed by atoms with Gasteiger partial charge in [0.05, 0.1) is 4.90 Å². The first-order chi connectivity index (χ1) is 14.3. The summed E-state index contributed by atoms with van der Waals surface area (Å²) in [4.78, 5) is 24.5. The van der Waals surface area contributed by atoms with E-state index in [0.29, 0.717) is 23.9 Å². The van der Waals surface area contributed by atoms with Crippen molar-refractivity contribution in [1.82, 2.24) is 15.2 Å². The fraction of sp³-hybridized carbons (Fsp3) is 0.300. The minimum Gasteiger partial charge on any atom is -0.481 e. The maximum Gasteiger partial charge on any atom is 0.279 e. The number of carbonyl (C=O) groups excluding carboxylic acids is 2. The molecule has 160 valence electrons. The largest absolute Gasteiger partial charge is 0.481 e. The van der Waals surface area contributed by atoms with Crippen molar-refractivity contribution in [3.63, 3.8) is 0 Å². The predicted octanol–water partition coefficient (Wildman–Crippen LogP) is 2.35. The normalized spacial score (nSPS) is 15.4. The van der Waals surface area contributed by atoms with Crippen molar-refractivity contribution in [3.05, 3.63) is 59.1 Å². The first-order valence-electron chi connectivity index (χ1n) is 9.40. The summed E-state index contributed by atoms with van der Waals surface area (Å²) in [5, 5.41) is 0.547. The lowest BCUT2D eigenvalue weighted by molar-refractivity contribution is -0.128. The quantitative estimate of drug-likeness (QED) is 0.656. The van der Waals surface area contributed by atoms with Crippen molar-refractivity contribution in [2.75, 3.05) is 13.1 Å². The second-order valence-electron chi connectivity index (χ2n) is 6.79. The summed E-state index contributed by atoms with van der Waals surface area (Å²) in [6.45, 7) is 2.55. The van der Waals surface area contributed by atoms with Crippen LogP contribution in [0.3, 0.4) is 0 Å². The Morgan fingerprint density at radius 1 is 1.00 bits per heavy atom. The van der Waals surface area contributed by atoms with Gasteiger partial charge in [-0.2, -0.15) is 4.31 Å². The summed E-state index contributed by atoms with van der Waals surface area (Å²) in [5.41, 5.74) is 4.78. The van der Waals surface area contributed by atoms with Gasteiger partial charge >= 0.3 is 0 Å². The fourth-order valence-electron chi connectivity index (χ4n) is 2.92. The minimum absolute atomic E-state index is 0.134. The minimum atomic E-state index is -3.54. The average Bonchev–Trinajstić information content (AvgIpc) is 3.29. The summed E-state index contributed by atoms with van der Waals surface area (Å²) in [7, 11) is -3.54. The highest BCUT2D eigenvalue weighted by atomic mass is 35.5. The first kappa shape index (κ1) is 22.1. The maximum absolute atomic E-state index is 12.5. The van der Waals surface area contributed by atoms with Gasteiger partial charge in [-0.05, 0) is 68.3 Å². The molecule has 1 atom stereocenters. The number of hydrazine groups is 1. The molecular weight excluding hydrogens is 430 g/mol. The molecule has 8 nitrogen and oxygen atoms in total. The number of nitrogens with one attached hydrogen (secondary N) is 2. The molecule has 1 aliphatic rings. The van der Waals surface area contributed by atoms with Crippen LogP contribution in [0.1, 0.15) is 30.1 Å². The number of carbonyl (C=O) groups is 2. The van der Waals surface area contributed by atoms with Crippen molar-refractivity contribution in [3.8, 4) is 5.75 Å². The molecule has 0 bridgehead atoms. The van der Waals surface area contributed by atoms with Crippen LogP contribution in [0.15, 0.2) is 53.4 Å². The first-order valence-corrected chi connectivity index (χ1v) is 11.2. The Balaban J connectivity index is 1.54. The van der Waals surface area contributed by atoms with Crippen LogP contribution in [-0.2, 0) is 14.8 Å². The Labute approximate surface area is 180 Å². The van der Waals surface area contributed by atoms with Crippen LogP contribution in [0.2, 0.25) is 5.02 Å². The molecular formula is C20H22ClN3O5S. The molecule has 1 unspecified atom stereocenters. The van der Waals surface area contributed by atoms with Gasteiger partial charge in [-0.1, -0.05) is 11.6 Å². The number of hydrogen-bond donors (Lipinski definition) is 2. The van der Waals surface area contributed by atoms with Crippen molar-refractivity contribution in [1.29, 1.82) is 0 Å². The van der Waals surface area contributed by atoms with Crippen LogP contribution in [0.4, 0.5) is 0 Å². The third kappa shape index (κ3) is 5.29. The van der Waals surface area contributed by atoms with E-state index in [1.54, 1.807) is 24.3 Å². The van der Waals surface area contributed by atoms with Gasteiger partial charge in [-0.25, -0.2) is 8.42 Å². The molecule has 0 radical (unpaired) electrons. The van der Waals surface area contributed by atoms with E-state index in [9.17, 15) is 18.0 Å². The molecule has 2 aromatic rings. The highest BCUT2D eigenvalue weighted by Crippen LogP contribution is 2.21. The molecule has 2 aromatic carbocycles. The number of ether oxygens (including phenoxy) is 1. The zero-order valence-corrected chi connectivity index (χ0v) is 17.9. The van der Waals surface area contributed by atoms with E-state index in [2.05, 4.69) is 10.9 Å². The third-order valence-corrected chi connectivity index (χ3v) is 6.78. The van der Waals surface area contributed by atoms with Gasteiger partial charge in [0, 0.05) is 23.7 Å². The molecule has 3 rings (SSSR count). The van der Waals surface area contributed by atoms with Crippen molar-refractivity contribution in [2.24, 2.45) is 0 Å². The molecule has 1 heterocycles. The standard InChI is InChI=1S/C20H22ClN3O5S/c1-14(29-17-8-6-16(21)7-9-17)19(25)22-23-20(26)15-4-10-18(11-5-15)30(27,28)24-12-2-3-13-24/h4-11,14H,2-3,12-13H2,1H3,(H,22,25)(H,23,26). The zero-order chi connectivity index (χ0) is 21.7. The lowest BCUT2D eigenvalue weighted by atomic mass is 10.2. The van der Waals surface area contributed by atoms with E-state index in [-0.39, 0.29) is 10.5 Å². The Bertz CT molecular complexity index is 1000. The van der Waals surface area contributed by atoms with Crippen molar-refractivity contribution >= 4 is 33.4 Å². The molecule has 0 aromatic heterocycles. The van der Waals surface area contributed by atoms with Crippen molar-refractivity contribution < 1.29 is 22.7 Å². The topological polar surface area (TPSA) is 105 Å². The molecule has 0 spiro atoms. The Kier molecular flexibility index (Phi) is 6.96. The number of rotatable bonds is 6. The summed E-state index contributed by atoms with van der Waals surface area (Å²) in [6.07, 6.45) is 0.832. The zero-order valence-electron chi connectivity index (χ0n) is 16.3. The van der Waals surface area contributed by atoms with Gasteiger partial charge in [0.15, 0.2) is 6.10 Å². The summed E-state index contributed by atoms with van der Waals surface area (Å²) < 4.78 is 32.0. The molecule has 30 heavy (non-hydrogen) atoms. The van der Waals surface area contributed by atoms with Gasteiger partial charge in [0.1, 0.15) is 5.75 Å². The lowest BCUT2D eigenvalue weighted by Gasteiger charge is -2.16. The maximum atomic E-state index is 12.5. The van der Waals surface area contributed by atoms with E-state index < -0.39 is 27.9 Å². The number of nitrogens with zero attached hydrogens (tertiary/aromatic N) is 1. The molecule has 0 aliphatic carbocycles. The van der Waals surface area contributed by atoms with E-state index in [4.69, 9.17) is 16.3 Å². The lowest BCUT2D eigenvalue weighted by Crippen LogP contribution is -2.47. The van der Waals surface area contributed by atoms with E-state index in [0.717, 1.165) is 12.8 Å². The Hall–Kier alpha value is -2.62. The van der Waals surface area contributed by atoms with Gasteiger partial charge in [0.25, 0.3) is 11.8 Å². The Morgan fingerprint density at radius 3 is 2.20 bits per heavy atom. The molecule has 1 fully saturated rings. The Morgan fingerprint density at radius 2 is 1.60 bits per heavy atom. The number of amides is 2. The summed E-state index contributed by atoms with van der Waals surface area (Å²) in [5.74, 6) is -0.665. The van der Waals surface area contributed by atoms with Gasteiger partial charge in [-0.3, -0.25) is 20.4 Å². The fourth-order valence-corrected chi connectivity index (χ4v) is 4.56. The summed E-state index contributed by atoms with van der Waals surface area (Å²) in [6, 6.07) is 12.1. The van der Waals surface area contributed by atoms with E-state index >= 15 is 0 Å². The molecule has 10 heteroatoms. The second-order valence-corrected chi connectivity index (χ2v) is 9.17. The molecule has 2 N–H and O–H groups in total. The van der Waals surface area contributed by atoms with Gasteiger partial charge in [0.2, 0.25) is 10.0 Å². The van der Waals surface area contributed by atoms with Crippen LogP contribution in [0.25, 0.3) is 0 Å². The number of benzene rings is 2. The number of sulfonamides is 1. The average molecular weight is 452 g/mol. The third-order valence-electron chi connectivity index (χ3n) is 4.61. The predicted molar refractivity (Wildman–Crippen MR) is 112 cm³/mol. The van der Waals surface area contributed by atoms with Gasteiger partial charge < -0.3 is 4.74 Å². The smallest absolute Gasteiger partial charge is 0.279 e. The van der Waals surface area contributed by atoms with Crippen LogP contribution in [0.5, 0.6) is 5.75 Å². The second kappa shape index (κ2) is 9.46. The van der Waals surface area contributed by atoms with Crippen LogP contribution in [-0.4, -0.2) is 43.7 Å². The molecule has 1 saturated heterocycles. The molecule has 0 saturated carbocycles. The van der Waals surface area contributed by atoms with Crippen LogP contribution in [0, 0.1) is 0 Å². The van der Waals surface area contributed by atoms with Crippen molar-refractivity contribution in [2.45, 2.75) is 30.8 Å². The molecule has 2 amide bonds. The monoisotopic (exact) mass is 451 g/mol. The van der Waals surface area contributed by atoms with E-state index in [1.807, 2.05) is 0 Å². The van der Waals surface area contributed by atoms with E-state index in [1.165, 1.54) is 35.5 Å². The SMILES string of the molecule is CC(Oc1ccc(Cl)cc1)C(=O)NNC(=O)c1ccc(S(=O)(=O)N2CCCC2)cc1. The number of halogens is 1. The number of hydrogen-bond acceptors (Lipinski definition) is 5. The summed E-state index contributed by atoms with van der Waals surface area (Å²) >= 11 is 5.80. The highest BCUT2D eigenvalue weighted by molar-refractivity contribution is 7.89. The highest BCUT2D eigenvalue weighted by Gasteiger charge is 2.27. The molecule has 1 aliphatic heterocycles. The van der Waals surface area contributed by atoms with Crippen LogP contribution >= 0.6 is 11.6 Å².